The molecule has 0 saturated carbocycles. The average Bonchev–Trinajstić information content (AvgIpc) is 2.90. The first-order valence-corrected chi connectivity index (χ1v) is 7.05. The Labute approximate surface area is 113 Å². The molecular formula is C16H19N3. The second-order valence-corrected chi connectivity index (χ2v) is 5.35. The number of benzene rings is 1. The van der Waals surface area contributed by atoms with Crippen molar-refractivity contribution < 1.29 is 0 Å². The minimum Gasteiger partial charge on any atom is -0.358 e. The van der Waals surface area contributed by atoms with Gasteiger partial charge in [-0.1, -0.05) is 6.92 Å². The topological polar surface area (TPSA) is 42.8 Å². The third kappa shape index (κ3) is 2.36. The van der Waals surface area contributed by atoms with Gasteiger partial charge < -0.3 is 9.88 Å². The molecule has 1 aromatic heterocycles. The number of hydrogen-bond donors (Lipinski definition) is 1. The van der Waals surface area contributed by atoms with E-state index in [2.05, 4.69) is 28.9 Å². The van der Waals surface area contributed by atoms with Gasteiger partial charge in [-0.15, -0.1) is 0 Å². The predicted octanol–water partition coefficient (Wildman–Crippen LogP) is 3.24. The van der Waals surface area contributed by atoms with E-state index in [9.17, 15) is 0 Å². The number of nitrogens with zero attached hydrogens (tertiary/aromatic N) is 2. The summed E-state index contributed by atoms with van der Waals surface area (Å²) in [5.74, 6) is 0.640. The Morgan fingerprint density at radius 1 is 1.32 bits per heavy atom. The number of aromatic nitrogens is 1. The van der Waals surface area contributed by atoms with Crippen molar-refractivity contribution in [3.63, 3.8) is 0 Å². The summed E-state index contributed by atoms with van der Waals surface area (Å²) in [6, 6.07) is 10.3. The Bertz CT molecular complexity index is 612. The van der Waals surface area contributed by atoms with Crippen LogP contribution in [0.15, 0.2) is 24.3 Å². The molecule has 1 fully saturated rings. The van der Waals surface area contributed by atoms with Crippen LogP contribution in [0.2, 0.25) is 0 Å². The molecule has 0 unspecified atom stereocenters. The molecule has 1 saturated heterocycles. The fourth-order valence-electron chi connectivity index (χ4n) is 3.00. The lowest BCUT2D eigenvalue weighted by Crippen LogP contribution is -2.32. The molecule has 98 valence electrons. The van der Waals surface area contributed by atoms with Crippen LogP contribution >= 0.6 is 0 Å². The van der Waals surface area contributed by atoms with Crippen molar-refractivity contribution in [3.05, 3.63) is 35.5 Å². The summed E-state index contributed by atoms with van der Waals surface area (Å²) in [4.78, 5) is 6.03. The molecule has 1 N–H and O–H groups in total. The van der Waals surface area contributed by atoms with Gasteiger partial charge in [-0.3, -0.25) is 0 Å². The van der Waals surface area contributed by atoms with Gasteiger partial charge in [-0.05, 0) is 56.7 Å². The van der Waals surface area contributed by atoms with Crippen LogP contribution in [0.25, 0.3) is 10.9 Å². The molecular weight excluding hydrogens is 234 g/mol. The molecule has 3 nitrogen and oxygen atoms in total. The monoisotopic (exact) mass is 253 g/mol. The number of rotatable bonds is 2. The second-order valence-electron chi connectivity index (χ2n) is 5.35. The Hall–Kier alpha value is -1.79. The van der Waals surface area contributed by atoms with Crippen molar-refractivity contribution >= 4 is 10.9 Å². The van der Waals surface area contributed by atoms with E-state index >= 15 is 0 Å². The summed E-state index contributed by atoms with van der Waals surface area (Å²) >= 11 is 0. The number of aromatic amines is 1. The number of likely N-dealkylation sites (tertiary alicyclic amines) is 1. The van der Waals surface area contributed by atoms with E-state index in [-0.39, 0.29) is 0 Å². The van der Waals surface area contributed by atoms with Crippen LogP contribution < -0.4 is 0 Å². The van der Waals surface area contributed by atoms with Gasteiger partial charge in [0.25, 0.3) is 0 Å². The zero-order valence-electron chi connectivity index (χ0n) is 11.3. The Morgan fingerprint density at radius 3 is 2.79 bits per heavy atom. The molecule has 1 aliphatic rings. The molecule has 0 amide bonds. The maximum Gasteiger partial charge on any atom is 0.0991 e. The Morgan fingerprint density at radius 2 is 2.11 bits per heavy atom. The molecule has 0 aliphatic carbocycles. The molecule has 0 radical (unpaired) electrons. The molecule has 19 heavy (non-hydrogen) atoms. The van der Waals surface area contributed by atoms with Crippen molar-refractivity contribution in [2.24, 2.45) is 0 Å². The first-order valence-electron chi connectivity index (χ1n) is 7.05. The molecule has 0 spiro atoms. The van der Waals surface area contributed by atoms with Crippen molar-refractivity contribution in [3.8, 4) is 6.07 Å². The van der Waals surface area contributed by atoms with E-state index in [0.29, 0.717) is 5.92 Å². The van der Waals surface area contributed by atoms with Crippen LogP contribution in [-0.4, -0.2) is 29.5 Å². The van der Waals surface area contributed by atoms with Crippen LogP contribution in [-0.2, 0) is 0 Å². The van der Waals surface area contributed by atoms with Crippen molar-refractivity contribution in [1.82, 2.24) is 9.88 Å². The number of nitrogens with one attached hydrogen (secondary N) is 1. The number of hydrogen-bond acceptors (Lipinski definition) is 2. The summed E-state index contributed by atoms with van der Waals surface area (Å²) in [5.41, 5.74) is 3.21. The normalized spacial score (nSPS) is 17.7. The zero-order valence-corrected chi connectivity index (χ0v) is 11.3. The standard InChI is InChI=1S/C16H19N3/c1-2-19-7-5-13(6-8-19)16-10-14-9-12(11-17)3-4-15(14)18-16/h3-4,9-10,13,18H,2,5-8H2,1H3. The van der Waals surface area contributed by atoms with E-state index in [1.54, 1.807) is 0 Å². The molecule has 1 aromatic carbocycles. The van der Waals surface area contributed by atoms with Crippen molar-refractivity contribution in [2.45, 2.75) is 25.7 Å². The van der Waals surface area contributed by atoms with E-state index < -0.39 is 0 Å². The molecule has 1 aliphatic heterocycles. The summed E-state index contributed by atoms with van der Waals surface area (Å²) in [7, 11) is 0. The third-order valence-electron chi connectivity index (χ3n) is 4.25. The van der Waals surface area contributed by atoms with Crippen LogP contribution in [0.3, 0.4) is 0 Å². The average molecular weight is 253 g/mol. The van der Waals surface area contributed by atoms with Crippen LogP contribution in [0.5, 0.6) is 0 Å². The Kier molecular flexibility index (Phi) is 3.27. The van der Waals surface area contributed by atoms with Gasteiger partial charge in [0.1, 0.15) is 0 Å². The first-order chi connectivity index (χ1) is 9.30. The minimum atomic E-state index is 0.640. The number of nitriles is 1. The van der Waals surface area contributed by atoms with E-state index in [1.165, 1.54) is 31.6 Å². The van der Waals surface area contributed by atoms with Crippen molar-refractivity contribution in [1.29, 1.82) is 5.26 Å². The fourth-order valence-corrected chi connectivity index (χ4v) is 3.00. The number of piperidine rings is 1. The van der Waals surface area contributed by atoms with Gasteiger partial charge in [0.05, 0.1) is 11.6 Å². The van der Waals surface area contributed by atoms with Gasteiger partial charge in [0.2, 0.25) is 0 Å². The molecule has 0 atom stereocenters. The molecule has 2 heterocycles. The van der Waals surface area contributed by atoms with Crippen molar-refractivity contribution in [2.75, 3.05) is 19.6 Å². The highest BCUT2D eigenvalue weighted by Gasteiger charge is 2.20. The Balaban J connectivity index is 1.84. The highest BCUT2D eigenvalue weighted by molar-refractivity contribution is 5.82. The minimum absolute atomic E-state index is 0.640. The van der Waals surface area contributed by atoms with Gasteiger partial charge in [-0.25, -0.2) is 0 Å². The van der Waals surface area contributed by atoms with Crippen LogP contribution in [0.1, 0.15) is 36.9 Å². The largest absolute Gasteiger partial charge is 0.358 e. The quantitative estimate of drug-likeness (QED) is 0.892. The van der Waals surface area contributed by atoms with Gasteiger partial charge >= 0.3 is 0 Å². The summed E-state index contributed by atoms with van der Waals surface area (Å²) in [5, 5.41) is 10.1. The van der Waals surface area contributed by atoms with Gasteiger partial charge in [0.15, 0.2) is 0 Å². The first kappa shape index (κ1) is 12.3. The summed E-state index contributed by atoms with van der Waals surface area (Å²) in [6.07, 6.45) is 2.46. The van der Waals surface area contributed by atoms with Gasteiger partial charge in [0, 0.05) is 22.5 Å². The van der Waals surface area contributed by atoms with Gasteiger partial charge in [-0.2, -0.15) is 5.26 Å². The smallest absolute Gasteiger partial charge is 0.0991 e. The molecule has 0 bridgehead atoms. The lowest BCUT2D eigenvalue weighted by molar-refractivity contribution is 0.221. The molecule has 3 rings (SSSR count). The van der Waals surface area contributed by atoms with Crippen LogP contribution in [0.4, 0.5) is 0 Å². The maximum absolute atomic E-state index is 8.94. The molecule has 3 heteroatoms. The van der Waals surface area contributed by atoms with E-state index in [1.807, 2.05) is 18.2 Å². The lowest BCUT2D eigenvalue weighted by Gasteiger charge is -2.30. The lowest BCUT2D eigenvalue weighted by atomic mass is 9.93. The van der Waals surface area contributed by atoms with E-state index in [4.69, 9.17) is 5.26 Å². The van der Waals surface area contributed by atoms with E-state index in [0.717, 1.165) is 23.0 Å². The number of fused-ring (bicyclic) bond motifs is 1. The number of H-pyrrole nitrogens is 1. The summed E-state index contributed by atoms with van der Waals surface area (Å²) in [6.45, 7) is 5.78. The predicted molar refractivity (Wildman–Crippen MR) is 77.1 cm³/mol. The maximum atomic E-state index is 8.94. The second kappa shape index (κ2) is 5.07. The highest BCUT2D eigenvalue weighted by atomic mass is 15.1. The highest BCUT2D eigenvalue weighted by Crippen LogP contribution is 2.30. The zero-order chi connectivity index (χ0) is 13.2. The fraction of sp³-hybridized carbons (Fsp3) is 0.438. The SMILES string of the molecule is CCN1CCC(c2cc3cc(C#N)ccc3[nH]2)CC1. The van der Waals surface area contributed by atoms with Crippen LogP contribution in [0, 0.1) is 11.3 Å². The summed E-state index contributed by atoms with van der Waals surface area (Å²) < 4.78 is 0. The third-order valence-corrected chi connectivity index (χ3v) is 4.25. The molecule has 2 aromatic rings.